The molecule has 0 amide bonds. The van der Waals surface area contributed by atoms with Crippen molar-refractivity contribution >= 4 is 0 Å². The van der Waals surface area contributed by atoms with E-state index in [1.54, 1.807) is 0 Å². The number of nitrogens with zero attached hydrogens (tertiary/aromatic N) is 3. The zero-order valence-corrected chi connectivity index (χ0v) is 11.5. The lowest BCUT2D eigenvalue weighted by Crippen LogP contribution is -2.41. The normalized spacial score (nSPS) is 25.8. The Bertz CT molecular complexity index is 378. The summed E-state index contributed by atoms with van der Waals surface area (Å²) in [5.41, 5.74) is 1.38. The van der Waals surface area contributed by atoms with Crippen molar-refractivity contribution in [1.82, 2.24) is 14.8 Å². The number of hydrogen-bond acceptors (Lipinski definition) is 4. The molecular weight excluding hydrogens is 238 g/mol. The van der Waals surface area contributed by atoms with Gasteiger partial charge in [-0.1, -0.05) is 6.07 Å². The van der Waals surface area contributed by atoms with Gasteiger partial charge in [0.2, 0.25) is 0 Å². The van der Waals surface area contributed by atoms with Crippen LogP contribution in [-0.4, -0.2) is 60.7 Å². The van der Waals surface area contributed by atoms with Crippen LogP contribution in [0.4, 0.5) is 0 Å². The maximum Gasteiger partial charge on any atom is 0.0594 e. The molecule has 4 nitrogen and oxygen atoms in total. The first-order valence-corrected chi connectivity index (χ1v) is 7.37. The molecule has 3 heterocycles. The largest absolute Gasteiger partial charge is 0.379 e. The van der Waals surface area contributed by atoms with Gasteiger partial charge in [0, 0.05) is 44.6 Å². The zero-order chi connectivity index (χ0) is 12.9. The van der Waals surface area contributed by atoms with Crippen LogP contribution in [-0.2, 0) is 4.74 Å². The number of ether oxygens (including phenoxy) is 1. The van der Waals surface area contributed by atoms with Crippen LogP contribution in [0.3, 0.4) is 0 Å². The zero-order valence-electron chi connectivity index (χ0n) is 11.5. The van der Waals surface area contributed by atoms with Crippen LogP contribution >= 0.6 is 0 Å². The molecule has 0 N–H and O–H groups in total. The number of morpholine rings is 1. The smallest absolute Gasteiger partial charge is 0.0594 e. The fourth-order valence-electron chi connectivity index (χ4n) is 3.14. The molecule has 2 saturated heterocycles. The van der Waals surface area contributed by atoms with Gasteiger partial charge >= 0.3 is 0 Å². The second-order valence-electron chi connectivity index (χ2n) is 5.43. The molecule has 2 fully saturated rings. The van der Waals surface area contributed by atoms with Gasteiger partial charge in [-0.3, -0.25) is 14.8 Å². The van der Waals surface area contributed by atoms with Gasteiger partial charge < -0.3 is 4.74 Å². The quantitative estimate of drug-likeness (QED) is 0.822. The van der Waals surface area contributed by atoms with E-state index in [-0.39, 0.29) is 0 Å². The van der Waals surface area contributed by atoms with Crippen molar-refractivity contribution in [2.75, 3.05) is 45.9 Å². The van der Waals surface area contributed by atoms with E-state index in [0.29, 0.717) is 6.04 Å². The molecule has 1 atom stereocenters. The minimum Gasteiger partial charge on any atom is -0.379 e. The molecule has 19 heavy (non-hydrogen) atoms. The van der Waals surface area contributed by atoms with Gasteiger partial charge in [-0.15, -0.1) is 0 Å². The molecule has 2 aliphatic heterocycles. The number of likely N-dealkylation sites (tertiary alicyclic amines) is 1. The lowest BCUT2D eigenvalue weighted by Gasteiger charge is -2.30. The molecule has 0 spiro atoms. The summed E-state index contributed by atoms with van der Waals surface area (Å²) in [5, 5.41) is 0. The first-order chi connectivity index (χ1) is 9.43. The average Bonchev–Trinajstić information content (AvgIpc) is 2.95. The Morgan fingerprint density at radius 3 is 2.89 bits per heavy atom. The lowest BCUT2D eigenvalue weighted by atomic mass is 10.1. The predicted molar refractivity (Wildman–Crippen MR) is 75.0 cm³/mol. The Hall–Kier alpha value is -0.970. The van der Waals surface area contributed by atoms with Crippen molar-refractivity contribution in [2.45, 2.75) is 18.9 Å². The highest BCUT2D eigenvalue weighted by Gasteiger charge is 2.26. The summed E-state index contributed by atoms with van der Waals surface area (Å²) >= 11 is 0. The monoisotopic (exact) mass is 261 g/mol. The summed E-state index contributed by atoms with van der Waals surface area (Å²) in [6.07, 6.45) is 6.46. The molecule has 1 aromatic heterocycles. The van der Waals surface area contributed by atoms with Gasteiger partial charge in [-0.2, -0.15) is 0 Å². The van der Waals surface area contributed by atoms with Crippen LogP contribution in [0, 0.1) is 0 Å². The van der Waals surface area contributed by atoms with Crippen molar-refractivity contribution < 1.29 is 4.74 Å². The summed E-state index contributed by atoms with van der Waals surface area (Å²) in [6.45, 7) is 7.53. The SMILES string of the molecule is c1cncc([C@@H]2CCCN2CCN2CCOCC2)c1. The number of hydrogen-bond donors (Lipinski definition) is 0. The van der Waals surface area contributed by atoms with E-state index >= 15 is 0 Å². The molecule has 2 aliphatic rings. The predicted octanol–water partition coefficient (Wildman–Crippen LogP) is 1.55. The van der Waals surface area contributed by atoms with Crippen LogP contribution in [0.1, 0.15) is 24.4 Å². The minimum absolute atomic E-state index is 0.578. The first-order valence-electron chi connectivity index (χ1n) is 7.37. The van der Waals surface area contributed by atoms with E-state index in [1.807, 2.05) is 18.5 Å². The Labute approximate surface area is 115 Å². The maximum atomic E-state index is 5.40. The minimum atomic E-state index is 0.578. The van der Waals surface area contributed by atoms with Crippen LogP contribution in [0.15, 0.2) is 24.5 Å². The Balaban J connectivity index is 1.54. The molecular formula is C15H23N3O. The summed E-state index contributed by atoms with van der Waals surface area (Å²) in [6, 6.07) is 4.84. The molecule has 104 valence electrons. The van der Waals surface area contributed by atoms with E-state index < -0.39 is 0 Å². The van der Waals surface area contributed by atoms with Gasteiger partial charge in [-0.25, -0.2) is 0 Å². The second kappa shape index (κ2) is 6.46. The van der Waals surface area contributed by atoms with E-state index in [4.69, 9.17) is 4.74 Å². The standard InChI is InChI=1S/C15H23N3O/c1-3-14(13-16-5-1)15-4-2-6-18(15)8-7-17-9-11-19-12-10-17/h1,3,5,13,15H,2,4,6-12H2/t15-/m0/s1. The molecule has 0 unspecified atom stereocenters. The van der Waals surface area contributed by atoms with Crippen LogP contribution in [0.25, 0.3) is 0 Å². The number of pyridine rings is 1. The van der Waals surface area contributed by atoms with Gasteiger partial charge in [0.1, 0.15) is 0 Å². The van der Waals surface area contributed by atoms with Gasteiger partial charge in [0.25, 0.3) is 0 Å². The molecule has 0 aromatic carbocycles. The topological polar surface area (TPSA) is 28.6 Å². The van der Waals surface area contributed by atoms with Gasteiger partial charge in [0.05, 0.1) is 13.2 Å². The maximum absolute atomic E-state index is 5.40. The highest BCUT2D eigenvalue weighted by Crippen LogP contribution is 2.30. The van der Waals surface area contributed by atoms with Crippen molar-refractivity contribution in [3.8, 4) is 0 Å². The molecule has 0 aliphatic carbocycles. The molecule has 0 radical (unpaired) electrons. The van der Waals surface area contributed by atoms with Crippen LogP contribution < -0.4 is 0 Å². The van der Waals surface area contributed by atoms with Gasteiger partial charge in [-0.05, 0) is 31.0 Å². The van der Waals surface area contributed by atoms with E-state index in [0.717, 1.165) is 26.3 Å². The summed E-state index contributed by atoms with van der Waals surface area (Å²) < 4.78 is 5.40. The van der Waals surface area contributed by atoms with E-state index in [2.05, 4.69) is 20.9 Å². The average molecular weight is 261 g/mol. The van der Waals surface area contributed by atoms with Crippen LogP contribution in [0.2, 0.25) is 0 Å². The Kier molecular flexibility index (Phi) is 4.43. The third kappa shape index (κ3) is 3.32. The Morgan fingerprint density at radius 1 is 1.21 bits per heavy atom. The molecule has 0 saturated carbocycles. The first kappa shape index (κ1) is 13.0. The summed E-state index contributed by atoms with van der Waals surface area (Å²) in [7, 11) is 0. The Morgan fingerprint density at radius 2 is 2.11 bits per heavy atom. The van der Waals surface area contributed by atoms with Crippen molar-refractivity contribution in [2.24, 2.45) is 0 Å². The third-order valence-corrected chi connectivity index (χ3v) is 4.24. The summed E-state index contributed by atoms with van der Waals surface area (Å²) in [5.74, 6) is 0. The number of aromatic nitrogens is 1. The molecule has 1 aromatic rings. The molecule has 3 rings (SSSR count). The second-order valence-corrected chi connectivity index (χ2v) is 5.43. The van der Waals surface area contributed by atoms with Crippen molar-refractivity contribution in [3.63, 3.8) is 0 Å². The van der Waals surface area contributed by atoms with Crippen molar-refractivity contribution in [3.05, 3.63) is 30.1 Å². The molecule has 0 bridgehead atoms. The van der Waals surface area contributed by atoms with E-state index in [9.17, 15) is 0 Å². The lowest BCUT2D eigenvalue weighted by molar-refractivity contribution is 0.0327. The summed E-state index contributed by atoms with van der Waals surface area (Å²) in [4.78, 5) is 9.39. The number of rotatable bonds is 4. The van der Waals surface area contributed by atoms with E-state index in [1.165, 1.54) is 38.0 Å². The van der Waals surface area contributed by atoms with Crippen LogP contribution in [0.5, 0.6) is 0 Å². The van der Waals surface area contributed by atoms with Gasteiger partial charge in [0.15, 0.2) is 0 Å². The van der Waals surface area contributed by atoms with Crippen molar-refractivity contribution in [1.29, 1.82) is 0 Å². The fourth-order valence-corrected chi connectivity index (χ4v) is 3.14. The third-order valence-electron chi connectivity index (χ3n) is 4.24. The highest BCUT2D eigenvalue weighted by molar-refractivity contribution is 5.15. The molecule has 4 heteroatoms. The fraction of sp³-hybridized carbons (Fsp3) is 0.667. The highest BCUT2D eigenvalue weighted by atomic mass is 16.5.